The van der Waals surface area contributed by atoms with Crippen LogP contribution < -0.4 is 5.32 Å². The molecule has 1 amide bonds. The maximum Gasteiger partial charge on any atom is 0.270 e. The summed E-state index contributed by atoms with van der Waals surface area (Å²) in [6.45, 7) is 0. The largest absolute Gasteiger partial charge is 0.457 e. The number of nitro groups is 1. The maximum atomic E-state index is 12.3. The lowest BCUT2D eigenvalue weighted by Gasteiger charge is -1.99. The Morgan fingerprint density at radius 1 is 1.13 bits per heavy atom. The number of amides is 1. The molecule has 0 spiro atoms. The first kappa shape index (κ1) is 20.2. The van der Waals surface area contributed by atoms with Crippen LogP contribution >= 0.6 is 35.0 Å². The molecule has 1 saturated heterocycles. The van der Waals surface area contributed by atoms with Crippen molar-refractivity contribution >= 4 is 63.5 Å². The molecule has 1 aromatic heterocycles. The Bertz CT molecular complexity index is 1240. The highest BCUT2D eigenvalue weighted by Crippen LogP contribution is 2.33. The van der Waals surface area contributed by atoms with Crippen molar-refractivity contribution < 1.29 is 14.1 Å². The van der Waals surface area contributed by atoms with Crippen LogP contribution in [0.25, 0.3) is 17.4 Å². The van der Waals surface area contributed by atoms with E-state index in [-0.39, 0.29) is 11.6 Å². The minimum atomic E-state index is -0.470. The van der Waals surface area contributed by atoms with Gasteiger partial charge in [0.15, 0.2) is 5.17 Å². The number of nitrogens with zero attached hydrogens (tertiary/aromatic N) is 2. The van der Waals surface area contributed by atoms with Crippen LogP contribution in [0, 0.1) is 10.1 Å². The molecule has 7 nitrogen and oxygen atoms in total. The Morgan fingerprint density at radius 2 is 1.97 bits per heavy atom. The Hall–Kier alpha value is -3.07. The second kappa shape index (κ2) is 8.35. The second-order valence-corrected chi connectivity index (χ2v) is 7.96. The lowest BCUT2D eigenvalue weighted by Crippen LogP contribution is -2.19. The topological polar surface area (TPSA) is 97.7 Å². The number of thioether (sulfide) groups is 1. The Labute approximate surface area is 184 Å². The second-order valence-electron chi connectivity index (χ2n) is 6.09. The van der Waals surface area contributed by atoms with Crippen molar-refractivity contribution in [2.45, 2.75) is 0 Å². The average Bonchev–Trinajstić information content (AvgIpc) is 3.31. The zero-order valence-corrected chi connectivity index (χ0v) is 17.3. The van der Waals surface area contributed by atoms with Crippen LogP contribution in [0.5, 0.6) is 0 Å². The van der Waals surface area contributed by atoms with Gasteiger partial charge in [0.25, 0.3) is 11.6 Å². The third kappa shape index (κ3) is 4.40. The van der Waals surface area contributed by atoms with E-state index in [9.17, 15) is 14.9 Å². The third-order valence-electron chi connectivity index (χ3n) is 4.02. The van der Waals surface area contributed by atoms with Crippen LogP contribution in [0.15, 0.2) is 68.9 Å². The molecule has 2 aromatic carbocycles. The quantitative estimate of drug-likeness (QED) is 0.290. The number of aliphatic imine (C=N–C) groups is 1. The van der Waals surface area contributed by atoms with Crippen molar-refractivity contribution in [2.75, 3.05) is 0 Å². The highest BCUT2D eigenvalue weighted by atomic mass is 35.5. The van der Waals surface area contributed by atoms with E-state index in [2.05, 4.69) is 10.3 Å². The molecule has 0 aliphatic carbocycles. The summed E-state index contributed by atoms with van der Waals surface area (Å²) in [5.74, 6) is 0.563. The van der Waals surface area contributed by atoms with Gasteiger partial charge in [-0.2, -0.15) is 0 Å². The molecule has 2 heterocycles. The summed E-state index contributed by atoms with van der Waals surface area (Å²) in [6.07, 6.45) is 1.58. The molecule has 1 fully saturated rings. The summed E-state index contributed by atoms with van der Waals surface area (Å²) in [7, 11) is 0. The molecule has 150 valence electrons. The number of amidine groups is 1. The first-order valence-corrected chi connectivity index (χ1v) is 10.1. The van der Waals surface area contributed by atoms with Gasteiger partial charge < -0.3 is 9.73 Å². The van der Waals surface area contributed by atoms with Gasteiger partial charge in [0.1, 0.15) is 11.5 Å². The molecule has 10 heteroatoms. The standard InChI is InChI=1S/C20H11Cl2N3O4S/c21-12-4-6-16(15(22)9-12)23-20-24-19(26)18(30-20)10-14-5-7-17(29-14)11-2-1-3-13(8-11)25(27)28/h1-10H,(H,23,24,26). The molecule has 0 bridgehead atoms. The van der Waals surface area contributed by atoms with Gasteiger partial charge in [-0.15, -0.1) is 0 Å². The third-order valence-corrected chi connectivity index (χ3v) is 5.47. The van der Waals surface area contributed by atoms with Gasteiger partial charge in [-0.05, 0) is 42.1 Å². The fraction of sp³-hybridized carbons (Fsp3) is 0. The molecule has 0 atom stereocenters. The van der Waals surface area contributed by atoms with Crippen molar-refractivity contribution in [2.24, 2.45) is 4.99 Å². The number of benzene rings is 2. The molecule has 0 saturated carbocycles. The molecule has 30 heavy (non-hydrogen) atoms. The molecule has 0 radical (unpaired) electrons. The summed E-state index contributed by atoms with van der Waals surface area (Å²) >= 11 is 13.1. The normalized spacial score (nSPS) is 16.3. The number of hydrogen-bond acceptors (Lipinski definition) is 6. The Kier molecular flexibility index (Phi) is 5.63. The van der Waals surface area contributed by atoms with Gasteiger partial charge in [0, 0.05) is 28.8 Å². The number of non-ortho nitro benzene ring substituents is 1. The van der Waals surface area contributed by atoms with E-state index in [1.165, 1.54) is 12.1 Å². The summed E-state index contributed by atoms with van der Waals surface area (Å²) in [5, 5.41) is 14.9. The molecule has 0 unspecified atom stereocenters. The summed E-state index contributed by atoms with van der Waals surface area (Å²) in [4.78, 5) is 27.5. The van der Waals surface area contributed by atoms with E-state index in [1.54, 1.807) is 48.5 Å². The van der Waals surface area contributed by atoms with Crippen molar-refractivity contribution in [3.8, 4) is 11.3 Å². The fourth-order valence-corrected chi connectivity index (χ4v) is 3.91. The molecule has 1 aliphatic rings. The minimum Gasteiger partial charge on any atom is -0.457 e. The van der Waals surface area contributed by atoms with Crippen LogP contribution in [-0.2, 0) is 4.79 Å². The number of nitro benzene ring substituents is 1. The molecular formula is C20H11Cl2N3O4S. The molecule has 4 rings (SSSR count). The first-order chi connectivity index (χ1) is 14.4. The summed E-state index contributed by atoms with van der Waals surface area (Å²) in [6, 6.07) is 14.4. The van der Waals surface area contributed by atoms with E-state index in [0.717, 1.165) is 11.8 Å². The van der Waals surface area contributed by atoms with Crippen molar-refractivity contribution in [1.82, 2.24) is 5.32 Å². The molecule has 1 aliphatic heterocycles. The highest BCUT2D eigenvalue weighted by Gasteiger charge is 2.24. The van der Waals surface area contributed by atoms with E-state index in [1.807, 2.05) is 0 Å². The van der Waals surface area contributed by atoms with E-state index < -0.39 is 4.92 Å². The lowest BCUT2D eigenvalue weighted by molar-refractivity contribution is -0.384. The van der Waals surface area contributed by atoms with E-state index >= 15 is 0 Å². The highest BCUT2D eigenvalue weighted by molar-refractivity contribution is 8.18. The molecular weight excluding hydrogens is 449 g/mol. The zero-order chi connectivity index (χ0) is 21.3. The van der Waals surface area contributed by atoms with E-state index in [4.69, 9.17) is 27.6 Å². The Morgan fingerprint density at radius 3 is 2.73 bits per heavy atom. The molecule has 1 N–H and O–H groups in total. The zero-order valence-electron chi connectivity index (χ0n) is 15.0. The van der Waals surface area contributed by atoms with Crippen LogP contribution in [0.1, 0.15) is 5.76 Å². The van der Waals surface area contributed by atoms with Gasteiger partial charge in [0.05, 0.1) is 20.5 Å². The lowest BCUT2D eigenvalue weighted by atomic mass is 10.1. The number of carbonyl (C=O) groups excluding carboxylic acids is 1. The number of hydrogen-bond donors (Lipinski definition) is 1. The monoisotopic (exact) mass is 459 g/mol. The van der Waals surface area contributed by atoms with Gasteiger partial charge in [0.2, 0.25) is 0 Å². The van der Waals surface area contributed by atoms with Gasteiger partial charge >= 0.3 is 0 Å². The number of halogens is 2. The van der Waals surface area contributed by atoms with Crippen LogP contribution in [0.2, 0.25) is 10.0 Å². The number of rotatable bonds is 4. The maximum absolute atomic E-state index is 12.3. The van der Waals surface area contributed by atoms with Crippen molar-refractivity contribution in [3.63, 3.8) is 0 Å². The first-order valence-electron chi connectivity index (χ1n) is 8.48. The minimum absolute atomic E-state index is 0.0313. The van der Waals surface area contributed by atoms with Crippen molar-refractivity contribution in [3.05, 3.63) is 85.4 Å². The summed E-state index contributed by atoms with van der Waals surface area (Å²) in [5.41, 5.74) is 1.02. The average molecular weight is 460 g/mol. The number of nitrogens with one attached hydrogen (secondary N) is 1. The van der Waals surface area contributed by atoms with Crippen molar-refractivity contribution in [1.29, 1.82) is 0 Å². The summed E-state index contributed by atoms with van der Waals surface area (Å²) < 4.78 is 5.73. The SMILES string of the molecule is O=C1NC(=Nc2ccc(Cl)cc2Cl)SC1=Cc1ccc(-c2cccc([N+](=O)[O-])c2)o1. The van der Waals surface area contributed by atoms with Gasteiger partial charge in [-0.1, -0.05) is 35.3 Å². The van der Waals surface area contributed by atoms with Gasteiger partial charge in [-0.3, -0.25) is 14.9 Å². The van der Waals surface area contributed by atoms with Gasteiger partial charge in [-0.25, -0.2) is 4.99 Å². The number of carbonyl (C=O) groups is 1. The fourth-order valence-electron chi connectivity index (χ4n) is 2.65. The van der Waals surface area contributed by atoms with Crippen LogP contribution in [0.4, 0.5) is 11.4 Å². The predicted molar refractivity (Wildman–Crippen MR) is 118 cm³/mol. The van der Waals surface area contributed by atoms with Crippen LogP contribution in [-0.4, -0.2) is 16.0 Å². The van der Waals surface area contributed by atoms with E-state index in [0.29, 0.717) is 42.9 Å². The number of furan rings is 1. The molecule has 3 aromatic rings. The Balaban J connectivity index is 1.56. The smallest absolute Gasteiger partial charge is 0.270 e. The predicted octanol–water partition coefficient (Wildman–Crippen LogP) is 6.05. The van der Waals surface area contributed by atoms with Crippen LogP contribution in [0.3, 0.4) is 0 Å².